The molecule has 0 aromatic rings. The number of carbonyl (C=O) groups is 2. The molecule has 6 nitrogen and oxygen atoms in total. The van der Waals surface area contributed by atoms with Gasteiger partial charge in [-0.15, -0.1) is 0 Å². The molecule has 0 spiro atoms. The summed E-state index contributed by atoms with van der Waals surface area (Å²) in [5.74, 6) is 1.20. The monoisotopic (exact) mass is 439 g/mol. The Morgan fingerprint density at radius 2 is 1.90 bits per heavy atom. The molecule has 4 N–H and O–H groups in total. The lowest BCUT2D eigenvalue weighted by molar-refractivity contribution is -0.145. The molecule has 0 aliphatic carbocycles. The second-order valence-corrected chi connectivity index (χ2v) is 11.1. The van der Waals surface area contributed by atoms with E-state index in [2.05, 4.69) is 34.3 Å². The number of hydrogen-bond acceptors (Lipinski definition) is 5. The summed E-state index contributed by atoms with van der Waals surface area (Å²) in [6.07, 6.45) is 8.58. The average molecular weight is 440 g/mol. The maximum Gasteiger partial charge on any atom is 0.307 e. The predicted molar refractivity (Wildman–Crippen MR) is 124 cm³/mol. The van der Waals surface area contributed by atoms with Gasteiger partial charge >= 0.3 is 5.97 Å². The van der Waals surface area contributed by atoms with E-state index in [-0.39, 0.29) is 17.2 Å². The molecule has 0 saturated carbocycles. The van der Waals surface area contributed by atoms with Gasteiger partial charge in [-0.05, 0) is 31.1 Å². The number of fused-ring (bicyclic) bond motifs is 1. The van der Waals surface area contributed by atoms with Gasteiger partial charge in [-0.25, -0.2) is 0 Å². The van der Waals surface area contributed by atoms with Crippen molar-refractivity contribution >= 4 is 23.6 Å². The van der Waals surface area contributed by atoms with Crippen molar-refractivity contribution in [1.29, 1.82) is 0 Å². The lowest BCUT2D eigenvalue weighted by atomic mass is 9.78. The molecule has 30 heavy (non-hydrogen) atoms. The Balaban J connectivity index is 1.44. The molecule has 2 heterocycles. The van der Waals surface area contributed by atoms with E-state index in [1.165, 1.54) is 19.3 Å². The van der Waals surface area contributed by atoms with E-state index in [1.54, 1.807) is 0 Å². The van der Waals surface area contributed by atoms with Crippen LogP contribution in [0.4, 0.5) is 0 Å². The number of carbonyl (C=O) groups excluding carboxylic acids is 1. The number of carboxylic acid groups (broad SMARTS) is 1. The topological polar surface area (TPSA) is 90.5 Å². The summed E-state index contributed by atoms with van der Waals surface area (Å²) >= 11 is 2.06. The number of unbranched alkanes of at least 4 members (excludes halogenated alkanes) is 4. The van der Waals surface area contributed by atoms with Gasteiger partial charge in [-0.1, -0.05) is 53.0 Å². The van der Waals surface area contributed by atoms with Crippen LogP contribution < -0.4 is 16.0 Å². The van der Waals surface area contributed by atoms with Gasteiger partial charge < -0.3 is 21.1 Å². The summed E-state index contributed by atoms with van der Waals surface area (Å²) in [6, 6.07) is 1.07. The largest absolute Gasteiger partial charge is 0.481 e. The van der Waals surface area contributed by atoms with Crippen LogP contribution in [0.15, 0.2) is 12.4 Å². The van der Waals surface area contributed by atoms with Gasteiger partial charge in [0.25, 0.3) is 0 Å². The molecular formula is C23H41N3O3S. The van der Waals surface area contributed by atoms with E-state index in [9.17, 15) is 14.7 Å². The first-order chi connectivity index (χ1) is 14.2. The summed E-state index contributed by atoms with van der Waals surface area (Å²) in [4.78, 5) is 23.3. The normalized spacial score (nSPS) is 24.1. The maximum atomic E-state index is 12.0. The zero-order valence-corrected chi connectivity index (χ0v) is 19.8. The first-order valence-corrected chi connectivity index (χ1v) is 12.6. The van der Waals surface area contributed by atoms with Crippen molar-refractivity contribution < 1.29 is 14.7 Å². The Morgan fingerprint density at radius 3 is 2.60 bits per heavy atom. The zero-order chi connectivity index (χ0) is 22.1. The van der Waals surface area contributed by atoms with Gasteiger partial charge in [0.15, 0.2) is 0 Å². The molecule has 4 atom stereocenters. The van der Waals surface area contributed by atoms with Crippen LogP contribution in [-0.4, -0.2) is 46.6 Å². The smallest absolute Gasteiger partial charge is 0.307 e. The van der Waals surface area contributed by atoms with Gasteiger partial charge in [-0.3, -0.25) is 9.59 Å². The third-order valence-electron chi connectivity index (χ3n) is 6.25. The van der Waals surface area contributed by atoms with E-state index in [4.69, 9.17) is 0 Å². The van der Waals surface area contributed by atoms with Gasteiger partial charge in [-0.2, -0.15) is 11.8 Å². The van der Waals surface area contributed by atoms with Gasteiger partial charge in [0, 0.05) is 24.0 Å². The summed E-state index contributed by atoms with van der Waals surface area (Å²) in [5.41, 5.74) is -0.230. The predicted octanol–water partition coefficient (Wildman–Crippen LogP) is 3.88. The summed E-state index contributed by atoms with van der Waals surface area (Å²) in [6.45, 7) is 10.5. The average Bonchev–Trinajstić information content (AvgIpc) is 3.19. The first kappa shape index (κ1) is 24.9. The van der Waals surface area contributed by atoms with E-state index >= 15 is 0 Å². The molecule has 0 aromatic heterocycles. The number of carboxylic acids is 1. The second-order valence-electron chi connectivity index (χ2n) is 9.83. The Morgan fingerprint density at radius 1 is 1.17 bits per heavy atom. The Bertz CT molecular complexity index is 591. The summed E-state index contributed by atoms with van der Waals surface area (Å²) < 4.78 is 0. The standard InChI is InChI=1S/C23H41N3O3S/c1-16-25-18-15-30-19(21(18)26-16)12-7-5-6-8-13-20(27)24-14-10-9-11-17(22(28)29)23(2,3)4/h17-19,21,25-26H,1,5-15H2,2-4H3,(H,24,27)(H,28,29). The van der Waals surface area contributed by atoms with Crippen molar-refractivity contribution in [2.75, 3.05) is 12.3 Å². The molecule has 7 heteroatoms. The van der Waals surface area contributed by atoms with E-state index in [1.807, 2.05) is 20.8 Å². The van der Waals surface area contributed by atoms with Crippen LogP contribution in [0, 0.1) is 11.3 Å². The summed E-state index contributed by atoms with van der Waals surface area (Å²) in [5, 5.41) is 19.9. The first-order valence-electron chi connectivity index (χ1n) is 11.5. The lowest BCUT2D eigenvalue weighted by Crippen LogP contribution is -2.36. The van der Waals surface area contributed by atoms with Crippen molar-refractivity contribution in [2.45, 2.75) is 95.9 Å². The van der Waals surface area contributed by atoms with E-state index < -0.39 is 5.97 Å². The van der Waals surface area contributed by atoms with Crippen LogP contribution >= 0.6 is 11.8 Å². The molecular weight excluding hydrogens is 398 g/mol. The molecule has 0 radical (unpaired) electrons. The van der Waals surface area contributed by atoms with Crippen LogP contribution in [0.25, 0.3) is 0 Å². The van der Waals surface area contributed by atoms with Crippen molar-refractivity contribution in [2.24, 2.45) is 11.3 Å². The molecule has 1 amide bonds. The molecule has 2 aliphatic rings. The zero-order valence-electron chi connectivity index (χ0n) is 19.0. The van der Waals surface area contributed by atoms with Crippen LogP contribution in [0.3, 0.4) is 0 Å². The van der Waals surface area contributed by atoms with Crippen molar-refractivity contribution in [3.05, 3.63) is 12.4 Å². The van der Waals surface area contributed by atoms with Crippen LogP contribution in [0.2, 0.25) is 0 Å². The fourth-order valence-electron chi connectivity index (χ4n) is 4.45. The highest BCUT2D eigenvalue weighted by Crippen LogP contribution is 2.34. The molecule has 0 bridgehead atoms. The highest BCUT2D eigenvalue weighted by atomic mass is 32.2. The Labute approximate surface area is 186 Å². The SMILES string of the molecule is C=C1NC2CSC(CCCCCCC(=O)NCCCCC(C(=O)O)C(C)(C)C)C2N1. The molecule has 2 aliphatic heterocycles. The van der Waals surface area contributed by atoms with Gasteiger partial charge in [0.05, 0.1) is 23.8 Å². The van der Waals surface area contributed by atoms with E-state index in [0.717, 1.165) is 37.3 Å². The lowest BCUT2D eigenvalue weighted by Gasteiger charge is -2.26. The molecule has 2 rings (SSSR count). The number of aliphatic carboxylic acids is 1. The summed E-state index contributed by atoms with van der Waals surface area (Å²) in [7, 11) is 0. The minimum atomic E-state index is -0.723. The molecule has 2 fully saturated rings. The fraction of sp³-hybridized carbons (Fsp3) is 0.826. The second kappa shape index (κ2) is 11.9. The third kappa shape index (κ3) is 8.05. The van der Waals surface area contributed by atoms with Crippen molar-refractivity contribution in [3.63, 3.8) is 0 Å². The number of nitrogens with one attached hydrogen (secondary N) is 3. The Kier molecular flexibility index (Phi) is 9.85. The molecule has 2 saturated heterocycles. The van der Waals surface area contributed by atoms with E-state index in [0.29, 0.717) is 36.7 Å². The maximum absolute atomic E-state index is 12.0. The highest BCUT2D eigenvalue weighted by molar-refractivity contribution is 8.00. The molecule has 172 valence electrons. The molecule has 0 aromatic carbocycles. The number of rotatable bonds is 13. The molecule has 4 unspecified atom stereocenters. The number of amides is 1. The van der Waals surface area contributed by atoms with Gasteiger partial charge in [0.2, 0.25) is 5.91 Å². The quantitative estimate of drug-likeness (QED) is 0.326. The third-order valence-corrected chi connectivity index (χ3v) is 7.76. The van der Waals surface area contributed by atoms with Crippen LogP contribution in [0.1, 0.15) is 78.6 Å². The van der Waals surface area contributed by atoms with Crippen LogP contribution in [0.5, 0.6) is 0 Å². The van der Waals surface area contributed by atoms with Crippen molar-refractivity contribution in [1.82, 2.24) is 16.0 Å². The highest BCUT2D eigenvalue weighted by Gasteiger charge is 2.40. The number of thioether (sulfide) groups is 1. The fourth-order valence-corrected chi connectivity index (χ4v) is 5.99. The van der Waals surface area contributed by atoms with Crippen molar-refractivity contribution in [3.8, 4) is 0 Å². The Hall–Kier alpha value is -1.37. The van der Waals surface area contributed by atoms with Crippen LogP contribution in [-0.2, 0) is 9.59 Å². The number of hydrogen-bond donors (Lipinski definition) is 4. The minimum Gasteiger partial charge on any atom is -0.481 e. The minimum absolute atomic E-state index is 0.120. The van der Waals surface area contributed by atoms with Gasteiger partial charge in [0.1, 0.15) is 0 Å².